The molecule has 0 aromatic heterocycles. The largest absolute Gasteiger partial charge is 1.00 e. The molecule has 3 aliphatic rings. The third-order valence-corrected chi connectivity index (χ3v) is 7.15. The van der Waals surface area contributed by atoms with Crippen molar-refractivity contribution in [1.82, 2.24) is 0 Å². The number of benzene rings is 2. The van der Waals surface area contributed by atoms with Gasteiger partial charge in [0.1, 0.15) is 13.1 Å². The minimum atomic E-state index is 0. The topological polar surface area (TPSA) is 0 Å². The van der Waals surface area contributed by atoms with Crippen LogP contribution >= 0.6 is 11.6 Å². The lowest BCUT2D eigenvalue weighted by atomic mass is 9.49. The maximum absolute atomic E-state index is 6.13. The van der Waals surface area contributed by atoms with Crippen LogP contribution in [0.3, 0.4) is 0 Å². The first-order chi connectivity index (χ1) is 12.7. The van der Waals surface area contributed by atoms with Crippen molar-refractivity contribution in [3.05, 3.63) is 70.8 Å². The van der Waals surface area contributed by atoms with Crippen LogP contribution < -0.4 is 24.0 Å². The number of halogens is 2. The Bertz CT molecular complexity index is 866. The molecule has 0 heterocycles. The molecule has 0 N–H and O–H groups in total. The molecule has 0 amide bonds. The molecule has 1 nitrogen and oxygen atoms in total. The molecule has 0 spiro atoms. The molecule has 2 aromatic carbocycles. The van der Waals surface area contributed by atoms with Crippen LogP contribution in [0.1, 0.15) is 32.3 Å². The minimum Gasteiger partial charge on any atom is -1.00 e. The average Bonchev–Trinajstić information content (AvgIpc) is 2.61. The summed E-state index contributed by atoms with van der Waals surface area (Å²) >= 11 is 6.13. The molecule has 1 fully saturated rings. The molecule has 28 heavy (non-hydrogen) atoms. The number of rotatable bonds is 5. The van der Waals surface area contributed by atoms with E-state index in [-0.39, 0.29) is 24.0 Å². The first kappa shape index (κ1) is 21.9. The lowest BCUT2D eigenvalue weighted by molar-refractivity contribution is -0.899. The number of hydrogen-bond acceptors (Lipinski definition) is 0. The van der Waals surface area contributed by atoms with Gasteiger partial charge < -0.3 is 28.5 Å². The van der Waals surface area contributed by atoms with Crippen LogP contribution in [0.5, 0.6) is 0 Å². The quantitative estimate of drug-likeness (QED) is 0.330. The summed E-state index contributed by atoms with van der Waals surface area (Å²) in [5.41, 5.74) is 6.01. The molecule has 1 saturated carbocycles. The van der Waals surface area contributed by atoms with Crippen molar-refractivity contribution in [2.24, 2.45) is 17.3 Å². The van der Waals surface area contributed by atoms with Crippen LogP contribution in [0.2, 0.25) is 5.02 Å². The summed E-state index contributed by atoms with van der Waals surface area (Å²) in [5, 5.41) is 0.788. The van der Waals surface area contributed by atoms with Crippen molar-refractivity contribution in [1.29, 1.82) is 0 Å². The molecule has 2 bridgehead atoms. The molecule has 0 saturated heterocycles. The van der Waals surface area contributed by atoms with E-state index >= 15 is 0 Å². The summed E-state index contributed by atoms with van der Waals surface area (Å²) in [6.45, 7) is 7.15. The zero-order chi connectivity index (χ0) is 19.2. The van der Waals surface area contributed by atoms with Crippen LogP contribution in [-0.4, -0.2) is 25.1 Å². The average molecular weight is 508 g/mol. The van der Waals surface area contributed by atoms with E-state index < -0.39 is 0 Å². The Kier molecular flexibility index (Phi) is 6.34. The van der Waals surface area contributed by atoms with Gasteiger partial charge in [-0.25, -0.2) is 0 Å². The van der Waals surface area contributed by atoms with Crippen molar-refractivity contribution in [3.8, 4) is 11.1 Å². The van der Waals surface area contributed by atoms with Gasteiger partial charge in [0.25, 0.3) is 0 Å². The highest BCUT2D eigenvalue weighted by Crippen LogP contribution is 2.59. The van der Waals surface area contributed by atoms with Crippen molar-refractivity contribution in [2.75, 3.05) is 20.6 Å². The lowest BCUT2D eigenvalue weighted by Crippen LogP contribution is -3.00. The van der Waals surface area contributed by atoms with Gasteiger partial charge in [0.2, 0.25) is 0 Å². The summed E-state index contributed by atoms with van der Waals surface area (Å²) in [6.07, 6.45) is 5.24. The van der Waals surface area contributed by atoms with E-state index in [9.17, 15) is 0 Å². The second kappa shape index (κ2) is 8.12. The molecule has 2 atom stereocenters. The molecule has 2 unspecified atom stereocenters. The summed E-state index contributed by atoms with van der Waals surface area (Å²) in [5.74, 6) is 1.72. The fraction of sp³-hybridized carbons (Fsp3) is 0.440. The Hall–Kier alpha value is -0.840. The number of likely N-dealkylation sites (N-methyl/N-ethyl adjacent to an activating group) is 1. The predicted octanol–water partition coefficient (Wildman–Crippen LogP) is 3.58. The predicted molar refractivity (Wildman–Crippen MR) is 116 cm³/mol. The molecular weight excluding hydrogens is 477 g/mol. The molecule has 150 valence electrons. The Morgan fingerprint density at radius 3 is 2.32 bits per heavy atom. The van der Waals surface area contributed by atoms with Gasteiger partial charge in [-0.05, 0) is 58.9 Å². The highest BCUT2D eigenvalue weighted by molar-refractivity contribution is 6.30. The summed E-state index contributed by atoms with van der Waals surface area (Å²) in [6, 6.07) is 17.1. The van der Waals surface area contributed by atoms with Gasteiger partial charge >= 0.3 is 0 Å². The molecule has 2 aromatic rings. The fourth-order valence-corrected chi connectivity index (χ4v) is 5.36. The van der Waals surface area contributed by atoms with Crippen LogP contribution in [-0.2, 0) is 6.54 Å². The van der Waals surface area contributed by atoms with E-state index in [1.165, 1.54) is 29.5 Å². The van der Waals surface area contributed by atoms with E-state index in [0.717, 1.165) is 34.4 Å². The van der Waals surface area contributed by atoms with Crippen LogP contribution in [0, 0.1) is 17.3 Å². The molecule has 5 rings (SSSR count). The van der Waals surface area contributed by atoms with Crippen LogP contribution in [0.25, 0.3) is 11.1 Å². The molecule has 3 aliphatic carbocycles. The number of quaternary nitrogens is 1. The first-order valence-corrected chi connectivity index (χ1v) is 10.5. The Balaban J connectivity index is 0.00000225. The number of nitrogens with zero attached hydrogens (tertiary/aromatic N) is 1. The third-order valence-electron chi connectivity index (χ3n) is 6.92. The van der Waals surface area contributed by atoms with E-state index in [0.29, 0.717) is 5.41 Å². The number of hydrogen-bond donors (Lipinski definition) is 0. The number of allylic oxidation sites excluding steroid dienone is 1. The number of fused-ring (bicyclic) bond motifs is 1. The van der Waals surface area contributed by atoms with Crippen molar-refractivity contribution in [2.45, 2.75) is 33.2 Å². The normalized spacial score (nSPS) is 22.7. The smallest absolute Gasteiger partial charge is 0.104 e. The van der Waals surface area contributed by atoms with E-state index in [1.807, 2.05) is 18.2 Å². The van der Waals surface area contributed by atoms with Gasteiger partial charge in [0.15, 0.2) is 0 Å². The van der Waals surface area contributed by atoms with Crippen LogP contribution in [0.4, 0.5) is 0 Å². The van der Waals surface area contributed by atoms with Gasteiger partial charge in [-0.15, -0.1) is 0 Å². The second-order valence-corrected chi connectivity index (χ2v) is 10.2. The van der Waals surface area contributed by atoms with Gasteiger partial charge in [-0.2, -0.15) is 0 Å². The fourth-order valence-electron chi connectivity index (χ4n) is 5.17. The Morgan fingerprint density at radius 2 is 1.71 bits per heavy atom. The Labute approximate surface area is 192 Å². The van der Waals surface area contributed by atoms with Crippen molar-refractivity contribution >= 4 is 11.6 Å². The third kappa shape index (κ3) is 4.34. The van der Waals surface area contributed by atoms with Gasteiger partial charge in [0.05, 0.1) is 14.1 Å². The molecule has 3 heteroatoms. The van der Waals surface area contributed by atoms with Crippen molar-refractivity contribution in [3.63, 3.8) is 0 Å². The van der Waals surface area contributed by atoms with Crippen molar-refractivity contribution < 1.29 is 28.5 Å². The second-order valence-electron chi connectivity index (χ2n) is 9.78. The molecule has 0 aliphatic heterocycles. The summed E-state index contributed by atoms with van der Waals surface area (Å²) < 4.78 is 1.01. The monoisotopic (exact) mass is 507 g/mol. The minimum absolute atomic E-state index is 0. The zero-order valence-electron chi connectivity index (χ0n) is 17.4. The van der Waals surface area contributed by atoms with E-state index in [1.54, 1.807) is 5.57 Å². The maximum atomic E-state index is 6.13. The van der Waals surface area contributed by atoms with Gasteiger partial charge in [-0.3, -0.25) is 0 Å². The van der Waals surface area contributed by atoms with E-state index in [4.69, 9.17) is 11.6 Å². The van der Waals surface area contributed by atoms with Gasteiger partial charge in [0, 0.05) is 10.6 Å². The van der Waals surface area contributed by atoms with Gasteiger partial charge in [-0.1, -0.05) is 67.9 Å². The molecular formula is C25H31ClIN. The summed E-state index contributed by atoms with van der Waals surface area (Å²) in [7, 11) is 4.73. The maximum Gasteiger partial charge on any atom is 0.104 e. The Morgan fingerprint density at radius 1 is 1.00 bits per heavy atom. The highest BCUT2D eigenvalue weighted by Gasteiger charge is 2.52. The zero-order valence-corrected chi connectivity index (χ0v) is 20.3. The summed E-state index contributed by atoms with van der Waals surface area (Å²) in [4.78, 5) is 0. The highest BCUT2D eigenvalue weighted by atomic mass is 127. The standard InChI is InChI=1S/C25H31ClN.HI/c1-25(2)22-13-12-21(24(25)15-22)17-27(3,4)16-18-8-10-19(11-9-18)20-6-5-7-23(26)14-20;/h5-12,14,22,24H,13,15-17H2,1-4H3;1H/q+1;/p-1. The van der Waals surface area contributed by atoms with Crippen LogP contribution in [0.15, 0.2) is 60.2 Å². The molecule has 0 radical (unpaired) electrons. The van der Waals surface area contributed by atoms with E-state index in [2.05, 4.69) is 64.4 Å². The SMILES string of the molecule is CC1(C)C2CC=C(C[N+](C)(C)Cc3ccc(-c4cccc(Cl)c4)cc3)C1C2.[I-]. The first-order valence-electron chi connectivity index (χ1n) is 10.1. The lowest BCUT2D eigenvalue weighted by Gasteiger charge is -2.57.